The molecule has 0 unspecified atom stereocenters. The second-order valence-electron chi connectivity index (χ2n) is 6.85. The molecule has 0 atom stereocenters. The van der Waals surface area contributed by atoms with Gasteiger partial charge in [0.1, 0.15) is 6.61 Å². The summed E-state index contributed by atoms with van der Waals surface area (Å²) in [7, 11) is 1.61. The minimum absolute atomic E-state index is 0.0620. The summed E-state index contributed by atoms with van der Waals surface area (Å²) >= 11 is 0. The van der Waals surface area contributed by atoms with Gasteiger partial charge in [-0.25, -0.2) is 0 Å². The minimum Gasteiger partial charge on any atom is -0.493 e. The van der Waals surface area contributed by atoms with Gasteiger partial charge >= 0.3 is 0 Å². The summed E-state index contributed by atoms with van der Waals surface area (Å²) in [4.78, 5) is 10.3. The van der Waals surface area contributed by atoms with Gasteiger partial charge in [-0.15, -0.1) is 0 Å². The van der Waals surface area contributed by atoms with Gasteiger partial charge in [-0.3, -0.25) is 10.1 Å². The predicted molar refractivity (Wildman–Crippen MR) is 114 cm³/mol. The first-order chi connectivity index (χ1) is 14.0. The Labute approximate surface area is 170 Å². The van der Waals surface area contributed by atoms with Gasteiger partial charge in [-0.05, 0) is 72.5 Å². The summed E-state index contributed by atoms with van der Waals surface area (Å²) in [5.41, 5.74) is 5.58. The molecule has 6 heteroatoms. The molecule has 1 N–H and O–H groups in total. The summed E-state index contributed by atoms with van der Waals surface area (Å²) in [6.45, 7) is 5.16. The topological polar surface area (TPSA) is 73.6 Å². The number of anilines is 1. The third-order valence-corrected chi connectivity index (χ3v) is 4.77. The highest BCUT2D eigenvalue weighted by molar-refractivity contribution is 5.50. The molecule has 3 rings (SSSR count). The van der Waals surface area contributed by atoms with E-state index in [1.54, 1.807) is 19.2 Å². The van der Waals surface area contributed by atoms with Crippen LogP contribution in [0.4, 0.5) is 11.4 Å². The number of rotatable bonds is 8. The van der Waals surface area contributed by atoms with Crippen molar-refractivity contribution in [3.8, 4) is 11.5 Å². The molecule has 0 spiro atoms. The average molecular weight is 392 g/mol. The van der Waals surface area contributed by atoms with Crippen molar-refractivity contribution in [2.45, 2.75) is 27.0 Å². The lowest BCUT2D eigenvalue weighted by molar-refractivity contribution is -0.384. The number of ether oxygens (including phenoxy) is 2. The zero-order chi connectivity index (χ0) is 20.8. The Morgan fingerprint density at radius 2 is 1.62 bits per heavy atom. The molecule has 0 aliphatic heterocycles. The molecule has 0 aliphatic carbocycles. The number of methoxy groups -OCH3 is 1. The van der Waals surface area contributed by atoms with Crippen molar-refractivity contribution in [1.29, 1.82) is 0 Å². The molecule has 0 saturated carbocycles. The summed E-state index contributed by atoms with van der Waals surface area (Å²) in [5, 5.41) is 14.2. The number of nitrogens with one attached hydrogen (secondary N) is 1. The van der Waals surface area contributed by atoms with Gasteiger partial charge < -0.3 is 14.8 Å². The Morgan fingerprint density at radius 3 is 2.28 bits per heavy atom. The van der Waals surface area contributed by atoms with E-state index in [4.69, 9.17) is 9.47 Å². The SMILES string of the molecule is COc1cc(CNc2ccc(C)c(C)c2)ccc1OCc1ccc([N+](=O)[O-])cc1. The number of nitrogens with zero attached hydrogens (tertiary/aromatic N) is 1. The Hall–Kier alpha value is -3.54. The third-order valence-electron chi connectivity index (χ3n) is 4.77. The quantitative estimate of drug-likeness (QED) is 0.410. The number of nitro benzene ring substituents is 1. The van der Waals surface area contributed by atoms with E-state index in [1.165, 1.54) is 23.3 Å². The predicted octanol–water partition coefficient (Wildman–Crippen LogP) is 5.41. The molecular formula is C23H24N2O4. The third kappa shape index (κ3) is 5.25. The number of aryl methyl sites for hydroxylation is 2. The van der Waals surface area contributed by atoms with Gasteiger partial charge in [0.05, 0.1) is 12.0 Å². The van der Waals surface area contributed by atoms with E-state index in [0.717, 1.165) is 16.8 Å². The Kier molecular flexibility index (Phi) is 6.34. The molecule has 150 valence electrons. The second kappa shape index (κ2) is 9.10. The molecule has 0 aliphatic rings. The van der Waals surface area contributed by atoms with Crippen LogP contribution in [0.25, 0.3) is 0 Å². The van der Waals surface area contributed by atoms with Crippen LogP contribution in [-0.2, 0) is 13.2 Å². The molecule has 0 aromatic heterocycles. The van der Waals surface area contributed by atoms with Crippen LogP contribution in [0.3, 0.4) is 0 Å². The molecule has 6 nitrogen and oxygen atoms in total. The largest absolute Gasteiger partial charge is 0.493 e. The fourth-order valence-corrected chi connectivity index (χ4v) is 2.87. The molecule has 0 fully saturated rings. The van der Waals surface area contributed by atoms with E-state index in [0.29, 0.717) is 24.7 Å². The van der Waals surface area contributed by atoms with Gasteiger partial charge in [-0.2, -0.15) is 0 Å². The Bertz CT molecular complexity index is 1000. The van der Waals surface area contributed by atoms with Gasteiger partial charge in [0.2, 0.25) is 0 Å². The highest BCUT2D eigenvalue weighted by Gasteiger charge is 2.08. The van der Waals surface area contributed by atoms with Crippen molar-refractivity contribution in [1.82, 2.24) is 0 Å². The van der Waals surface area contributed by atoms with Crippen LogP contribution in [0.15, 0.2) is 60.7 Å². The maximum atomic E-state index is 10.7. The van der Waals surface area contributed by atoms with E-state index in [2.05, 4.69) is 37.4 Å². The lowest BCUT2D eigenvalue weighted by atomic mass is 10.1. The van der Waals surface area contributed by atoms with E-state index < -0.39 is 4.92 Å². The molecule has 0 bridgehead atoms. The lowest BCUT2D eigenvalue weighted by Gasteiger charge is -2.13. The fraction of sp³-hybridized carbons (Fsp3) is 0.217. The van der Waals surface area contributed by atoms with Crippen LogP contribution in [0.5, 0.6) is 11.5 Å². The summed E-state index contributed by atoms with van der Waals surface area (Å²) in [6, 6.07) is 18.4. The zero-order valence-electron chi connectivity index (χ0n) is 16.8. The number of benzene rings is 3. The van der Waals surface area contributed by atoms with E-state index in [9.17, 15) is 10.1 Å². The van der Waals surface area contributed by atoms with Crippen LogP contribution in [0.2, 0.25) is 0 Å². The Morgan fingerprint density at radius 1 is 0.897 bits per heavy atom. The molecule has 0 radical (unpaired) electrons. The monoisotopic (exact) mass is 392 g/mol. The fourth-order valence-electron chi connectivity index (χ4n) is 2.87. The van der Waals surface area contributed by atoms with Crippen LogP contribution in [0, 0.1) is 24.0 Å². The van der Waals surface area contributed by atoms with Crippen molar-refractivity contribution in [3.05, 3.63) is 93.0 Å². The molecule has 29 heavy (non-hydrogen) atoms. The number of non-ortho nitro benzene ring substituents is 1. The first-order valence-electron chi connectivity index (χ1n) is 9.30. The number of nitro groups is 1. The second-order valence-corrected chi connectivity index (χ2v) is 6.85. The average Bonchev–Trinajstić information content (AvgIpc) is 2.73. The van der Waals surface area contributed by atoms with Gasteiger partial charge in [0, 0.05) is 24.4 Å². The van der Waals surface area contributed by atoms with Crippen molar-refractivity contribution >= 4 is 11.4 Å². The van der Waals surface area contributed by atoms with E-state index >= 15 is 0 Å². The van der Waals surface area contributed by atoms with Crippen LogP contribution >= 0.6 is 0 Å². The van der Waals surface area contributed by atoms with Crippen molar-refractivity contribution in [3.63, 3.8) is 0 Å². The van der Waals surface area contributed by atoms with E-state index in [1.807, 2.05) is 18.2 Å². The summed E-state index contributed by atoms with van der Waals surface area (Å²) in [5.74, 6) is 1.27. The molecule has 0 amide bonds. The zero-order valence-corrected chi connectivity index (χ0v) is 16.8. The highest BCUT2D eigenvalue weighted by Crippen LogP contribution is 2.29. The maximum absolute atomic E-state index is 10.7. The van der Waals surface area contributed by atoms with Crippen LogP contribution in [-0.4, -0.2) is 12.0 Å². The highest BCUT2D eigenvalue weighted by atomic mass is 16.6. The minimum atomic E-state index is -0.418. The van der Waals surface area contributed by atoms with Crippen LogP contribution in [0.1, 0.15) is 22.3 Å². The first-order valence-corrected chi connectivity index (χ1v) is 9.30. The smallest absolute Gasteiger partial charge is 0.269 e. The van der Waals surface area contributed by atoms with Crippen LogP contribution < -0.4 is 14.8 Å². The standard InChI is InChI=1S/C23H24N2O4/c1-16-4-8-20(12-17(16)2)24-14-19-7-11-22(23(13-19)28-3)29-15-18-5-9-21(10-6-18)25(26)27/h4-13,24H,14-15H2,1-3H3. The normalized spacial score (nSPS) is 10.4. The van der Waals surface area contributed by atoms with Gasteiger partial charge in [-0.1, -0.05) is 12.1 Å². The number of hydrogen-bond acceptors (Lipinski definition) is 5. The van der Waals surface area contributed by atoms with Gasteiger partial charge in [0.25, 0.3) is 5.69 Å². The summed E-state index contributed by atoms with van der Waals surface area (Å²) in [6.07, 6.45) is 0. The van der Waals surface area contributed by atoms with Crippen molar-refractivity contribution < 1.29 is 14.4 Å². The molecule has 3 aromatic rings. The van der Waals surface area contributed by atoms with Crippen molar-refractivity contribution in [2.75, 3.05) is 12.4 Å². The number of hydrogen-bond donors (Lipinski definition) is 1. The van der Waals surface area contributed by atoms with E-state index in [-0.39, 0.29) is 5.69 Å². The first kappa shape index (κ1) is 20.2. The Balaban J connectivity index is 1.63. The van der Waals surface area contributed by atoms with Gasteiger partial charge in [0.15, 0.2) is 11.5 Å². The molecule has 0 saturated heterocycles. The van der Waals surface area contributed by atoms with Crippen molar-refractivity contribution in [2.24, 2.45) is 0 Å². The molecular weight excluding hydrogens is 368 g/mol. The molecule has 0 heterocycles. The lowest BCUT2D eigenvalue weighted by Crippen LogP contribution is -2.02. The molecule has 3 aromatic carbocycles. The summed E-state index contributed by atoms with van der Waals surface area (Å²) < 4.78 is 11.3. The maximum Gasteiger partial charge on any atom is 0.269 e.